The molecule has 1 atom stereocenters. The van der Waals surface area contributed by atoms with Gasteiger partial charge in [-0.15, -0.1) is 0 Å². The summed E-state index contributed by atoms with van der Waals surface area (Å²) in [6.07, 6.45) is 3.38. The Bertz CT molecular complexity index is 415. The second kappa shape index (κ2) is 6.01. The minimum absolute atomic E-state index is 0.620. The Labute approximate surface area is 109 Å². The number of hydrogen-bond acceptors (Lipinski definition) is 3. The zero-order chi connectivity index (χ0) is 13.0. The van der Waals surface area contributed by atoms with Crippen LogP contribution in [0.4, 0.5) is 5.69 Å². The van der Waals surface area contributed by atoms with Crippen LogP contribution >= 0.6 is 0 Å². The van der Waals surface area contributed by atoms with Gasteiger partial charge >= 0.3 is 0 Å². The van der Waals surface area contributed by atoms with Crippen LogP contribution in [-0.2, 0) is 4.74 Å². The molecule has 0 radical (unpaired) electrons. The largest absolute Gasteiger partial charge is 0.384 e. The fraction of sp³-hybridized carbons (Fsp3) is 0.533. The lowest BCUT2D eigenvalue weighted by Crippen LogP contribution is -2.37. The molecule has 2 rings (SSSR count). The zero-order valence-corrected chi connectivity index (χ0v) is 11.2. The lowest BCUT2D eigenvalue weighted by Gasteiger charge is -2.34. The SMILES string of the molecule is COCC1CCCN(c2ccc(C=O)c(C)c2)C1. The quantitative estimate of drug-likeness (QED) is 0.766. The van der Waals surface area contributed by atoms with Gasteiger partial charge in [0.25, 0.3) is 0 Å². The van der Waals surface area contributed by atoms with Crippen molar-refractivity contribution in [3.8, 4) is 0 Å². The van der Waals surface area contributed by atoms with Crippen molar-refractivity contribution < 1.29 is 9.53 Å². The van der Waals surface area contributed by atoms with Crippen LogP contribution in [0.1, 0.15) is 28.8 Å². The Kier molecular flexibility index (Phi) is 4.37. The fourth-order valence-corrected chi connectivity index (χ4v) is 2.66. The van der Waals surface area contributed by atoms with Crippen LogP contribution in [0.25, 0.3) is 0 Å². The van der Waals surface area contributed by atoms with Crippen LogP contribution < -0.4 is 4.90 Å². The number of ether oxygens (including phenoxy) is 1. The first-order chi connectivity index (χ1) is 8.74. The van der Waals surface area contributed by atoms with Gasteiger partial charge in [0.1, 0.15) is 6.29 Å². The van der Waals surface area contributed by atoms with Crippen LogP contribution in [-0.4, -0.2) is 33.1 Å². The fourth-order valence-electron chi connectivity index (χ4n) is 2.66. The van der Waals surface area contributed by atoms with Crippen molar-refractivity contribution in [2.24, 2.45) is 5.92 Å². The highest BCUT2D eigenvalue weighted by molar-refractivity contribution is 5.78. The van der Waals surface area contributed by atoms with Crippen LogP contribution in [0.3, 0.4) is 0 Å². The monoisotopic (exact) mass is 247 g/mol. The van der Waals surface area contributed by atoms with Gasteiger partial charge in [0, 0.05) is 31.5 Å². The van der Waals surface area contributed by atoms with Crippen molar-refractivity contribution in [3.63, 3.8) is 0 Å². The number of rotatable bonds is 4. The predicted molar refractivity (Wildman–Crippen MR) is 73.4 cm³/mol. The van der Waals surface area contributed by atoms with E-state index in [4.69, 9.17) is 4.74 Å². The molecule has 1 aromatic carbocycles. The predicted octanol–water partition coefficient (Wildman–Crippen LogP) is 2.67. The number of carbonyl (C=O) groups excluding carboxylic acids is 1. The number of aryl methyl sites for hydroxylation is 1. The third kappa shape index (κ3) is 2.91. The van der Waals surface area contributed by atoms with Crippen molar-refractivity contribution in [1.82, 2.24) is 0 Å². The minimum atomic E-state index is 0.620. The normalized spacial score (nSPS) is 19.9. The van der Waals surface area contributed by atoms with Crippen molar-refractivity contribution in [2.45, 2.75) is 19.8 Å². The summed E-state index contributed by atoms with van der Waals surface area (Å²) in [7, 11) is 1.77. The molecule has 1 heterocycles. The summed E-state index contributed by atoms with van der Waals surface area (Å²) in [5, 5.41) is 0. The molecule has 0 bridgehead atoms. The smallest absolute Gasteiger partial charge is 0.150 e. The Morgan fingerprint density at radius 2 is 2.33 bits per heavy atom. The maximum atomic E-state index is 10.8. The first kappa shape index (κ1) is 13.1. The lowest BCUT2D eigenvalue weighted by atomic mass is 9.98. The molecule has 0 aliphatic carbocycles. The van der Waals surface area contributed by atoms with Gasteiger partial charge in [-0.3, -0.25) is 4.79 Å². The van der Waals surface area contributed by atoms with E-state index in [-0.39, 0.29) is 0 Å². The van der Waals surface area contributed by atoms with Crippen LogP contribution in [0.5, 0.6) is 0 Å². The van der Waals surface area contributed by atoms with E-state index in [1.165, 1.54) is 18.5 Å². The molecule has 0 N–H and O–H groups in total. The van der Waals surface area contributed by atoms with Crippen molar-refractivity contribution in [2.75, 3.05) is 31.7 Å². The molecule has 1 aliphatic heterocycles. The molecule has 0 spiro atoms. The van der Waals surface area contributed by atoms with Crippen LogP contribution in [0, 0.1) is 12.8 Å². The average molecular weight is 247 g/mol. The zero-order valence-electron chi connectivity index (χ0n) is 11.2. The second-order valence-electron chi connectivity index (χ2n) is 5.07. The summed E-state index contributed by atoms with van der Waals surface area (Å²) in [6, 6.07) is 6.07. The molecule has 0 amide bonds. The van der Waals surface area contributed by atoms with E-state index in [1.807, 2.05) is 19.1 Å². The number of piperidine rings is 1. The summed E-state index contributed by atoms with van der Waals surface area (Å²) in [6.45, 7) is 4.97. The van der Waals surface area contributed by atoms with Gasteiger partial charge in [-0.2, -0.15) is 0 Å². The Balaban J connectivity index is 2.10. The Morgan fingerprint density at radius 3 is 3.00 bits per heavy atom. The van der Waals surface area contributed by atoms with Gasteiger partial charge in [0.2, 0.25) is 0 Å². The van der Waals surface area contributed by atoms with Crippen LogP contribution in [0.15, 0.2) is 18.2 Å². The van der Waals surface area contributed by atoms with Crippen molar-refractivity contribution >= 4 is 12.0 Å². The highest BCUT2D eigenvalue weighted by Gasteiger charge is 2.20. The van der Waals surface area contributed by atoms with E-state index in [1.54, 1.807) is 7.11 Å². The van der Waals surface area contributed by atoms with Gasteiger partial charge in [-0.05, 0) is 49.4 Å². The van der Waals surface area contributed by atoms with E-state index in [9.17, 15) is 4.79 Å². The summed E-state index contributed by atoms with van der Waals surface area (Å²) in [5.41, 5.74) is 3.06. The molecule has 0 saturated carbocycles. The molecule has 0 aromatic heterocycles. The third-order valence-electron chi connectivity index (χ3n) is 3.67. The van der Waals surface area contributed by atoms with E-state index >= 15 is 0 Å². The number of hydrogen-bond donors (Lipinski definition) is 0. The highest BCUT2D eigenvalue weighted by Crippen LogP contribution is 2.25. The maximum Gasteiger partial charge on any atom is 0.150 e. The molecule has 3 heteroatoms. The first-order valence-electron chi connectivity index (χ1n) is 6.54. The maximum absolute atomic E-state index is 10.8. The summed E-state index contributed by atoms with van der Waals surface area (Å²) < 4.78 is 5.25. The molecular formula is C15H21NO2. The summed E-state index contributed by atoms with van der Waals surface area (Å²) >= 11 is 0. The third-order valence-corrected chi connectivity index (χ3v) is 3.67. The topological polar surface area (TPSA) is 29.5 Å². The molecule has 1 saturated heterocycles. The number of benzene rings is 1. The molecule has 1 aromatic rings. The van der Waals surface area contributed by atoms with E-state index < -0.39 is 0 Å². The highest BCUT2D eigenvalue weighted by atomic mass is 16.5. The second-order valence-corrected chi connectivity index (χ2v) is 5.07. The van der Waals surface area contributed by atoms with Crippen LogP contribution in [0.2, 0.25) is 0 Å². The molecule has 1 unspecified atom stereocenters. The lowest BCUT2D eigenvalue weighted by molar-refractivity contribution is 0.112. The van der Waals surface area contributed by atoms with Crippen molar-refractivity contribution in [1.29, 1.82) is 0 Å². The summed E-state index contributed by atoms with van der Waals surface area (Å²) in [4.78, 5) is 13.2. The number of aldehydes is 1. The first-order valence-corrected chi connectivity index (χ1v) is 6.54. The molecular weight excluding hydrogens is 226 g/mol. The number of methoxy groups -OCH3 is 1. The molecule has 3 nitrogen and oxygen atoms in total. The molecule has 1 fully saturated rings. The average Bonchev–Trinajstić information content (AvgIpc) is 2.39. The summed E-state index contributed by atoms with van der Waals surface area (Å²) in [5.74, 6) is 0.620. The van der Waals surface area contributed by atoms with E-state index in [2.05, 4.69) is 11.0 Å². The van der Waals surface area contributed by atoms with Gasteiger partial charge < -0.3 is 9.64 Å². The Hall–Kier alpha value is -1.35. The molecule has 18 heavy (non-hydrogen) atoms. The Morgan fingerprint density at radius 1 is 1.50 bits per heavy atom. The van der Waals surface area contributed by atoms with Crippen molar-refractivity contribution in [3.05, 3.63) is 29.3 Å². The number of anilines is 1. The standard InChI is InChI=1S/C15H21NO2/c1-12-8-15(6-5-14(12)10-17)16-7-3-4-13(9-16)11-18-2/h5-6,8,10,13H,3-4,7,9,11H2,1-2H3. The molecule has 1 aliphatic rings. The van der Waals surface area contributed by atoms with Gasteiger partial charge in [-0.1, -0.05) is 0 Å². The van der Waals surface area contributed by atoms with Gasteiger partial charge in [0.05, 0.1) is 6.61 Å². The van der Waals surface area contributed by atoms with Gasteiger partial charge in [-0.25, -0.2) is 0 Å². The van der Waals surface area contributed by atoms with Gasteiger partial charge in [0.15, 0.2) is 0 Å². The van der Waals surface area contributed by atoms with E-state index in [0.717, 1.165) is 37.1 Å². The minimum Gasteiger partial charge on any atom is -0.384 e. The van der Waals surface area contributed by atoms with E-state index in [0.29, 0.717) is 5.92 Å². The molecule has 98 valence electrons. The number of carbonyl (C=O) groups is 1. The number of nitrogens with zero attached hydrogens (tertiary/aromatic N) is 1.